The summed E-state index contributed by atoms with van der Waals surface area (Å²) in [5.41, 5.74) is 4.47. The molecule has 0 aliphatic carbocycles. The third-order valence-electron chi connectivity index (χ3n) is 4.85. The molecule has 0 fully saturated rings. The molecule has 0 unspecified atom stereocenters. The summed E-state index contributed by atoms with van der Waals surface area (Å²) in [6.45, 7) is 1.45. The maximum absolute atomic E-state index is 13.2. The number of fused-ring (bicyclic) bond motifs is 2. The molecule has 0 saturated carbocycles. The van der Waals surface area contributed by atoms with E-state index in [1.54, 1.807) is 24.3 Å². The van der Waals surface area contributed by atoms with Crippen molar-refractivity contribution in [3.8, 4) is 5.75 Å². The Morgan fingerprint density at radius 2 is 1.39 bits per heavy atom. The molecule has 140 valence electrons. The van der Waals surface area contributed by atoms with E-state index >= 15 is 0 Å². The highest BCUT2D eigenvalue weighted by Crippen LogP contribution is 2.44. The minimum Gasteiger partial charge on any atom is -0.426 e. The number of ether oxygens (including phenoxy) is 1. The summed E-state index contributed by atoms with van der Waals surface area (Å²) in [5, 5.41) is 2.69. The van der Waals surface area contributed by atoms with Gasteiger partial charge in [-0.1, -0.05) is 36.4 Å². The van der Waals surface area contributed by atoms with Gasteiger partial charge in [0.2, 0.25) is 5.91 Å². The number of hydrogen-bond donors (Lipinski definition) is 1. The van der Waals surface area contributed by atoms with Crippen molar-refractivity contribution in [1.82, 2.24) is 0 Å². The van der Waals surface area contributed by atoms with E-state index in [-0.39, 0.29) is 11.9 Å². The van der Waals surface area contributed by atoms with Gasteiger partial charge in [-0.2, -0.15) is 0 Å². The zero-order valence-corrected chi connectivity index (χ0v) is 15.7. The summed E-state index contributed by atoms with van der Waals surface area (Å²) >= 11 is 0. The van der Waals surface area contributed by atoms with Crippen molar-refractivity contribution in [1.29, 1.82) is 0 Å². The number of para-hydroxylation sites is 2. The first-order chi connectivity index (χ1) is 13.5. The first kappa shape index (κ1) is 17.8. The van der Waals surface area contributed by atoms with Crippen LogP contribution in [0.1, 0.15) is 24.0 Å². The van der Waals surface area contributed by atoms with Crippen molar-refractivity contribution in [3.05, 3.63) is 83.9 Å². The number of anilines is 3. The van der Waals surface area contributed by atoms with Crippen LogP contribution in [0.5, 0.6) is 5.75 Å². The van der Waals surface area contributed by atoms with E-state index in [0.29, 0.717) is 11.4 Å². The fourth-order valence-corrected chi connectivity index (χ4v) is 3.61. The van der Waals surface area contributed by atoms with Crippen LogP contribution < -0.4 is 15.0 Å². The Morgan fingerprint density at radius 3 is 1.93 bits per heavy atom. The molecule has 1 amide bonds. The van der Waals surface area contributed by atoms with Gasteiger partial charge in [-0.25, -0.2) is 0 Å². The van der Waals surface area contributed by atoms with Crippen molar-refractivity contribution < 1.29 is 14.3 Å². The Balaban J connectivity index is 1.66. The Kier molecular flexibility index (Phi) is 4.57. The molecule has 5 nitrogen and oxygen atoms in total. The second kappa shape index (κ2) is 7.19. The van der Waals surface area contributed by atoms with Crippen LogP contribution in [0.4, 0.5) is 17.1 Å². The highest BCUT2D eigenvalue weighted by molar-refractivity contribution is 5.92. The molecule has 0 spiro atoms. The second-order valence-corrected chi connectivity index (χ2v) is 6.74. The average molecular weight is 372 g/mol. The van der Waals surface area contributed by atoms with E-state index in [1.165, 1.54) is 6.92 Å². The van der Waals surface area contributed by atoms with E-state index in [4.69, 9.17) is 4.74 Å². The van der Waals surface area contributed by atoms with E-state index in [9.17, 15) is 9.59 Å². The summed E-state index contributed by atoms with van der Waals surface area (Å²) in [7, 11) is 2.00. The first-order valence-electron chi connectivity index (χ1n) is 9.05. The number of carbonyl (C=O) groups is 2. The number of rotatable bonds is 3. The summed E-state index contributed by atoms with van der Waals surface area (Å²) in [6.07, 6.45) is 0. The third-order valence-corrected chi connectivity index (χ3v) is 4.85. The number of nitrogens with zero attached hydrogens (tertiary/aromatic N) is 1. The lowest BCUT2D eigenvalue weighted by Crippen LogP contribution is -2.28. The standard InChI is InChI=1S/C23H20N2O3/c1-15(26)24-16-11-13-17(14-12-16)28-23(27)22-18-7-3-5-9-20(18)25(2)21-10-6-4-8-19(21)22/h3-14,22H,1-2H3,(H,24,26). The van der Waals surface area contributed by atoms with Crippen LogP contribution in [0.15, 0.2) is 72.8 Å². The quantitative estimate of drug-likeness (QED) is 0.545. The second-order valence-electron chi connectivity index (χ2n) is 6.74. The van der Waals surface area contributed by atoms with Crippen molar-refractivity contribution in [2.75, 3.05) is 17.3 Å². The van der Waals surface area contributed by atoms with Crippen LogP contribution in [0.25, 0.3) is 0 Å². The molecule has 28 heavy (non-hydrogen) atoms. The van der Waals surface area contributed by atoms with Crippen molar-refractivity contribution in [2.24, 2.45) is 0 Å². The summed E-state index contributed by atoms with van der Waals surface area (Å²) < 4.78 is 5.69. The molecule has 1 N–H and O–H groups in total. The first-order valence-corrected chi connectivity index (χ1v) is 9.05. The summed E-state index contributed by atoms with van der Waals surface area (Å²) in [5.74, 6) is -0.545. The van der Waals surface area contributed by atoms with Gasteiger partial charge in [-0.05, 0) is 47.5 Å². The Labute approximate surface area is 163 Å². The molecule has 4 rings (SSSR count). The molecule has 5 heteroatoms. The molecule has 1 aliphatic rings. The van der Waals surface area contributed by atoms with Crippen molar-refractivity contribution >= 4 is 28.9 Å². The van der Waals surface area contributed by atoms with Crippen LogP contribution in [0.2, 0.25) is 0 Å². The Bertz CT molecular complexity index is 996. The maximum atomic E-state index is 13.2. The van der Waals surface area contributed by atoms with Gasteiger partial charge >= 0.3 is 5.97 Å². The van der Waals surface area contributed by atoms with E-state index < -0.39 is 5.92 Å². The van der Waals surface area contributed by atoms with Crippen LogP contribution >= 0.6 is 0 Å². The largest absolute Gasteiger partial charge is 0.426 e. The number of hydrogen-bond acceptors (Lipinski definition) is 4. The van der Waals surface area contributed by atoms with Crippen molar-refractivity contribution in [3.63, 3.8) is 0 Å². The van der Waals surface area contributed by atoms with Crippen LogP contribution in [-0.4, -0.2) is 18.9 Å². The predicted molar refractivity (Wildman–Crippen MR) is 109 cm³/mol. The van der Waals surface area contributed by atoms with Crippen LogP contribution in [0.3, 0.4) is 0 Å². The molecule has 1 aliphatic heterocycles. The molecule has 0 atom stereocenters. The fraction of sp³-hybridized carbons (Fsp3) is 0.130. The van der Waals surface area contributed by atoms with Crippen molar-refractivity contribution in [2.45, 2.75) is 12.8 Å². The lowest BCUT2D eigenvalue weighted by Gasteiger charge is -2.34. The molecular weight excluding hydrogens is 352 g/mol. The highest BCUT2D eigenvalue weighted by atomic mass is 16.5. The van der Waals surface area contributed by atoms with Gasteiger partial charge in [0.15, 0.2) is 0 Å². The topological polar surface area (TPSA) is 58.6 Å². The summed E-state index contributed by atoms with van der Waals surface area (Å²) in [4.78, 5) is 26.4. The predicted octanol–water partition coefficient (Wildman–Crippen LogP) is 4.46. The van der Waals surface area contributed by atoms with E-state index in [1.807, 2.05) is 55.6 Å². The number of amides is 1. The molecule has 0 saturated heterocycles. The van der Waals surface area contributed by atoms with Gasteiger partial charge in [0.25, 0.3) is 0 Å². The molecule has 0 bridgehead atoms. The highest BCUT2D eigenvalue weighted by Gasteiger charge is 2.34. The van der Waals surface area contributed by atoms with Gasteiger partial charge < -0.3 is 15.0 Å². The van der Waals surface area contributed by atoms with Gasteiger partial charge in [-0.3, -0.25) is 9.59 Å². The average Bonchev–Trinajstić information content (AvgIpc) is 2.69. The lowest BCUT2D eigenvalue weighted by atomic mass is 9.85. The monoisotopic (exact) mass is 372 g/mol. The molecule has 3 aromatic carbocycles. The molecular formula is C23H20N2O3. The molecule has 0 aromatic heterocycles. The maximum Gasteiger partial charge on any atom is 0.323 e. The van der Waals surface area contributed by atoms with Gasteiger partial charge in [-0.15, -0.1) is 0 Å². The van der Waals surface area contributed by atoms with E-state index in [0.717, 1.165) is 22.5 Å². The summed E-state index contributed by atoms with van der Waals surface area (Å²) in [6, 6.07) is 22.5. The molecule has 3 aromatic rings. The minimum atomic E-state index is -0.501. The zero-order chi connectivity index (χ0) is 19.7. The van der Waals surface area contributed by atoms with Crippen LogP contribution in [-0.2, 0) is 9.59 Å². The van der Waals surface area contributed by atoms with Gasteiger partial charge in [0.05, 0.1) is 0 Å². The number of nitrogens with one attached hydrogen (secondary N) is 1. The lowest BCUT2D eigenvalue weighted by molar-refractivity contribution is -0.135. The minimum absolute atomic E-state index is 0.149. The zero-order valence-electron chi connectivity index (χ0n) is 15.7. The molecule has 1 heterocycles. The third kappa shape index (κ3) is 3.22. The fourth-order valence-electron chi connectivity index (χ4n) is 3.61. The van der Waals surface area contributed by atoms with Gasteiger partial charge in [0, 0.05) is 31.0 Å². The van der Waals surface area contributed by atoms with E-state index in [2.05, 4.69) is 10.2 Å². The number of esters is 1. The number of carbonyl (C=O) groups excluding carboxylic acids is 2. The molecule has 0 radical (unpaired) electrons. The Hall–Kier alpha value is -3.60. The SMILES string of the molecule is CC(=O)Nc1ccc(OC(=O)C2c3ccccc3N(C)c3ccccc32)cc1. The van der Waals surface area contributed by atoms with Crippen LogP contribution in [0, 0.1) is 0 Å². The smallest absolute Gasteiger partial charge is 0.323 e. The normalized spacial score (nSPS) is 12.7. The number of benzene rings is 3. The van der Waals surface area contributed by atoms with Gasteiger partial charge in [0.1, 0.15) is 11.7 Å². The Morgan fingerprint density at radius 1 is 0.857 bits per heavy atom.